The van der Waals surface area contributed by atoms with Crippen LogP contribution in [0.1, 0.15) is 29.5 Å². The van der Waals surface area contributed by atoms with Crippen LogP contribution in [-0.2, 0) is 35.5 Å². The maximum absolute atomic E-state index is 12.3. The molecular formula is C22H23N3O3. The van der Waals surface area contributed by atoms with Gasteiger partial charge in [0.05, 0.1) is 13.7 Å². The molecule has 0 aliphatic carbocycles. The van der Waals surface area contributed by atoms with Crippen molar-refractivity contribution in [3.8, 4) is 11.4 Å². The van der Waals surface area contributed by atoms with Gasteiger partial charge in [-0.1, -0.05) is 60.6 Å². The highest BCUT2D eigenvalue weighted by atomic mass is 16.5. The summed E-state index contributed by atoms with van der Waals surface area (Å²) in [5.41, 5.74) is 4.56. The summed E-state index contributed by atoms with van der Waals surface area (Å²) in [6, 6.07) is 15.9. The fraction of sp³-hybridized carbons (Fsp3) is 0.318. The lowest BCUT2D eigenvalue weighted by Crippen LogP contribution is -2.45. The Morgan fingerprint density at radius 1 is 1.18 bits per heavy atom. The van der Waals surface area contributed by atoms with Crippen LogP contribution in [0.3, 0.4) is 0 Å². The molecule has 6 nitrogen and oxygen atoms in total. The van der Waals surface area contributed by atoms with Crippen LogP contribution >= 0.6 is 0 Å². The van der Waals surface area contributed by atoms with Gasteiger partial charge in [-0.2, -0.15) is 4.98 Å². The van der Waals surface area contributed by atoms with Gasteiger partial charge in [-0.05, 0) is 29.5 Å². The van der Waals surface area contributed by atoms with E-state index in [4.69, 9.17) is 9.26 Å². The quantitative estimate of drug-likeness (QED) is 0.635. The fourth-order valence-electron chi connectivity index (χ4n) is 3.61. The molecule has 0 radical (unpaired) electrons. The molecule has 1 aliphatic rings. The molecule has 2 aromatic carbocycles. The number of hydrogen-bond donors (Lipinski definition) is 0. The zero-order valence-corrected chi connectivity index (χ0v) is 16.1. The monoisotopic (exact) mass is 377 g/mol. The number of aryl methyl sites for hydroxylation is 1. The Kier molecular flexibility index (Phi) is 5.21. The SMILES string of the molecule is CCc1ccc(-c2noc(CN3Cc4ccccc4CC3C(=O)OC)n2)cc1. The molecule has 4 rings (SSSR count). The second-order valence-electron chi connectivity index (χ2n) is 6.98. The maximum atomic E-state index is 12.3. The maximum Gasteiger partial charge on any atom is 0.323 e. The standard InChI is InChI=1S/C22H23N3O3/c1-3-15-8-10-16(11-9-15)21-23-20(28-24-21)14-25-13-18-7-5-4-6-17(18)12-19(25)22(26)27-2/h4-11,19H,3,12-14H2,1-2H3. The summed E-state index contributed by atoms with van der Waals surface area (Å²) in [6.45, 7) is 3.16. The van der Waals surface area contributed by atoms with Crippen LogP contribution in [-0.4, -0.2) is 34.2 Å². The van der Waals surface area contributed by atoms with Crippen LogP contribution in [0.15, 0.2) is 53.1 Å². The van der Waals surface area contributed by atoms with E-state index in [1.54, 1.807) is 0 Å². The Morgan fingerprint density at radius 3 is 2.64 bits per heavy atom. The van der Waals surface area contributed by atoms with Crippen LogP contribution in [0.5, 0.6) is 0 Å². The summed E-state index contributed by atoms with van der Waals surface area (Å²) < 4.78 is 10.5. The molecule has 0 N–H and O–H groups in total. The Bertz CT molecular complexity index is 965. The van der Waals surface area contributed by atoms with Gasteiger partial charge >= 0.3 is 5.97 Å². The molecule has 144 valence electrons. The molecule has 1 atom stereocenters. The average molecular weight is 377 g/mol. The first-order valence-corrected chi connectivity index (χ1v) is 9.48. The second-order valence-corrected chi connectivity index (χ2v) is 6.98. The number of benzene rings is 2. The molecule has 0 saturated carbocycles. The number of aromatic nitrogens is 2. The summed E-state index contributed by atoms with van der Waals surface area (Å²) in [5.74, 6) is 0.803. The van der Waals surface area contributed by atoms with Crippen molar-refractivity contribution < 1.29 is 14.1 Å². The van der Waals surface area contributed by atoms with Crippen molar-refractivity contribution in [2.45, 2.75) is 38.9 Å². The van der Waals surface area contributed by atoms with E-state index in [2.05, 4.69) is 41.3 Å². The lowest BCUT2D eigenvalue weighted by atomic mass is 9.94. The molecule has 3 aromatic rings. The molecule has 6 heteroatoms. The van der Waals surface area contributed by atoms with E-state index in [1.165, 1.54) is 23.8 Å². The van der Waals surface area contributed by atoms with Gasteiger partial charge in [-0.25, -0.2) is 0 Å². The van der Waals surface area contributed by atoms with Crippen molar-refractivity contribution in [2.75, 3.05) is 7.11 Å². The molecule has 1 aromatic heterocycles. The van der Waals surface area contributed by atoms with Crippen LogP contribution in [0, 0.1) is 0 Å². The molecule has 1 unspecified atom stereocenters. The van der Waals surface area contributed by atoms with Crippen LogP contribution in [0.2, 0.25) is 0 Å². The first kappa shape index (κ1) is 18.4. The summed E-state index contributed by atoms with van der Waals surface area (Å²) in [4.78, 5) is 18.9. The Hall–Kier alpha value is -2.99. The third-order valence-electron chi connectivity index (χ3n) is 5.25. The normalized spacial score (nSPS) is 16.6. The summed E-state index contributed by atoms with van der Waals surface area (Å²) >= 11 is 0. The minimum absolute atomic E-state index is 0.246. The van der Waals surface area contributed by atoms with E-state index in [9.17, 15) is 4.79 Å². The van der Waals surface area contributed by atoms with Gasteiger partial charge in [0, 0.05) is 12.1 Å². The van der Waals surface area contributed by atoms with E-state index in [-0.39, 0.29) is 12.0 Å². The Balaban J connectivity index is 1.55. The van der Waals surface area contributed by atoms with E-state index < -0.39 is 0 Å². The van der Waals surface area contributed by atoms with Gasteiger partial charge in [0.25, 0.3) is 0 Å². The van der Waals surface area contributed by atoms with Crippen molar-refractivity contribution in [3.05, 3.63) is 71.1 Å². The van der Waals surface area contributed by atoms with E-state index >= 15 is 0 Å². The summed E-state index contributed by atoms with van der Waals surface area (Å²) in [7, 11) is 1.42. The van der Waals surface area contributed by atoms with Gasteiger partial charge in [0.15, 0.2) is 0 Å². The van der Waals surface area contributed by atoms with Crippen molar-refractivity contribution in [1.29, 1.82) is 0 Å². The fourth-order valence-corrected chi connectivity index (χ4v) is 3.61. The smallest absolute Gasteiger partial charge is 0.323 e. The number of hydrogen-bond acceptors (Lipinski definition) is 6. The summed E-state index contributed by atoms with van der Waals surface area (Å²) in [5, 5.41) is 4.11. The first-order chi connectivity index (χ1) is 13.7. The number of ether oxygens (including phenoxy) is 1. The molecule has 0 fully saturated rings. The highest BCUT2D eigenvalue weighted by Gasteiger charge is 2.33. The van der Waals surface area contributed by atoms with E-state index in [0.717, 1.165) is 12.0 Å². The highest BCUT2D eigenvalue weighted by Crippen LogP contribution is 2.26. The zero-order valence-electron chi connectivity index (χ0n) is 16.1. The van der Waals surface area contributed by atoms with Crippen LogP contribution in [0.4, 0.5) is 0 Å². The van der Waals surface area contributed by atoms with Gasteiger partial charge in [-0.15, -0.1) is 0 Å². The molecule has 0 spiro atoms. The largest absolute Gasteiger partial charge is 0.468 e. The van der Waals surface area contributed by atoms with Crippen molar-refractivity contribution in [2.24, 2.45) is 0 Å². The van der Waals surface area contributed by atoms with Gasteiger partial charge in [0.1, 0.15) is 6.04 Å². The molecular weight excluding hydrogens is 354 g/mol. The second kappa shape index (κ2) is 7.94. The van der Waals surface area contributed by atoms with Crippen molar-refractivity contribution in [1.82, 2.24) is 15.0 Å². The average Bonchev–Trinajstić information content (AvgIpc) is 3.21. The number of nitrogens with zero attached hydrogens (tertiary/aromatic N) is 3. The van der Waals surface area contributed by atoms with Crippen molar-refractivity contribution >= 4 is 5.97 Å². The zero-order chi connectivity index (χ0) is 19.5. The third-order valence-corrected chi connectivity index (χ3v) is 5.25. The number of methoxy groups -OCH3 is 1. The first-order valence-electron chi connectivity index (χ1n) is 9.48. The van der Waals surface area contributed by atoms with Gasteiger partial charge < -0.3 is 9.26 Å². The molecule has 0 amide bonds. The van der Waals surface area contributed by atoms with Crippen molar-refractivity contribution in [3.63, 3.8) is 0 Å². The number of carbonyl (C=O) groups is 1. The van der Waals surface area contributed by atoms with Crippen LogP contribution < -0.4 is 0 Å². The highest BCUT2D eigenvalue weighted by molar-refractivity contribution is 5.76. The van der Waals surface area contributed by atoms with Crippen LogP contribution in [0.25, 0.3) is 11.4 Å². The Morgan fingerprint density at radius 2 is 1.93 bits per heavy atom. The minimum Gasteiger partial charge on any atom is -0.468 e. The molecule has 28 heavy (non-hydrogen) atoms. The third kappa shape index (κ3) is 3.68. The van der Waals surface area contributed by atoms with Gasteiger partial charge in [0.2, 0.25) is 11.7 Å². The molecule has 2 heterocycles. The molecule has 1 aliphatic heterocycles. The predicted molar refractivity (Wildman–Crippen MR) is 104 cm³/mol. The van der Waals surface area contributed by atoms with E-state index in [1.807, 2.05) is 29.2 Å². The molecule has 0 bridgehead atoms. The van der Waals surface area contributed by atoms with Gasteiger partial charge in [-0.3, -0.25) is 9.69 Å². The lowest BCUT2D eigenvalue weighted by Gasteiger charge is -2.34. The molecule has 0 saturated heterocycles. The Labute approximate surface area is 164 Å². The van der Waals surface area contributed by atoms with E-state index in [0.29, 0.717) is 31.2 Å². The number of rotatable bonds is 5. The number of carbonyl (C=O) groups excluding carboxylic acids is 1. The summed E-state index contributed by atoms with van der Waals surface area (Å²) in [6.07, 6.45) is 1.60. The lowest BCUT2D eigenvalue weighted by molar-refractivity contribution is -0.148. The predicted octanol–water partition coefficient (Wildman–Crippen LogP) is 3.40. The number of fused-ring (bicyclic) bond motifs is 1. The minimum atomic E-state index is -0.362. The topological polar surface area (TPSA) is 68.5 Å². The number of esters is 1.